The van der Waals surface area contributed by atoms with Gasteiger partial charge in [-0.25, -0.2) is 4.98 Å². The number of amides is 1. The first-order valence-electron chi connectivity index (χ1n) is 8.38. The van der Waals surface area contributed by atoms with E-state index in [1.54, 1.807) is 6.92 Å². The molecule has 144 valence electrons. The fourth-order valence-corrected chi connectivity index (χ4v) is 3.02. The van der Waals surface area contributed by atoms with Crippen molar-refractivity contribution in [1.29, 1.82) is 0 Å². The standard InChI is InChI=1S/C18H22N4O4S/c1-3-26-17(25)8-13(12-6-4-11(2)5-7-12)20-16(24)10-27-18-21-14(19)9-15(23)22-18/h4-7,9,13H,3,8,10H2,1-2H3,(H,20,24)(H3,19,21,22,23). The van der Waals surface area contributed by atoms with Gasteiger partial charge in [0.25, 0.3) is 5.56 Å². The molecule has 2 rings (SSSR count). The van der Waals surface area contributed by atoms with Crippen LogP contribution >= 0.6 is 11.8 Å². The van der Waals surface area contributed by atoms with E-state index in [-0.39, 0.29) is 41.2 Å². The smallest absolute Gasteiger partial charge is 0.308 e. The Hall–Kier alpha value is -2.81. The van der Waals surface area contributed by atoms with E-state index in [0.717, 1.165) is 29.0 Å². The SMILES string of the molecule is CCOC(=O)CC(NC(=O)CSc1nc(N)cc(=O)[nH]1)c1ccc(C)cc1. The molecule has 0 aliphatic carbocycles. The molecule has 2 aromatic rings. The third kappa shape index (κ3) is 6.78. The number of carbonyl (C=O) groups excluding carboxylic acids is 2. The number of aromatic nitrogens is 2. The quantitative estimate of drug-likeness (QED) is 0.355. The minimum absolute atomic E-state index is 0.0115. The molecule has 1 aromatic carbocycles. The van der Waals surface area contributed by atoms with Crippen LogP contribution in [0.1, 0.15) is 30.5 Å². The molecule has 0 saturated carbocycles. The van der Waals surface area contributed by atoms with Crippen LogP contribution in [0.3, 0.4) is 0 Å². The zero-order valence-corrected chi connectivity index (χ0v) is 16.0. The lowest BCUT2D eigenvalue weighted by molar-refractivity contribution is -0.143. The van der Waals surface area contributed by atoms with E-state index < -0.39 is 12.0 Å². The normalized spacial score (nSPS) is 11.6. The van der Waals surface area contributed by atoms with Crippen molar-refractivity contribution in [2.75, 3.05) is 18.1 Å². The number of hydrogen-bond acceptors (Lipinski definition) is 7. The molecular formula is C18H22N4O4S. The number of esters is 1. The molecule has 0 aliphatic rings. The average molecular weight is 390 g/mol. The Bertz CT molecular complexity index is 851. The van der Waals surface area contributed by atoms with Crippen molar-refractivity contribution < 1.29 is 14.3 Å². The van der Waals surface area contributed by atoms with E-state index in [4.69, 9.17) is 10.5 Å². The summed E-state index contributed by atoms with van der Waals surface area (Å²) in [6.07, 6.45) is 0.0284. The third-order valence-corrected chi connectivity index (χ3v) is 4.44. The van der Waals surface area contributed by atoms with E-state index in [9.17, 15) is 14.4 Å². The highest BCUT2D eigenvalue weighted by molar-refractivity contribution is 7.99. The molecule has 0 saturated heterocycles. The molecule has 1 aromatic heterocycles. The summed E-state index contributed by atoms with van der Waals surface area (Å²) in [5.41, 5.74) is 7.02. The summed E-state index contributed by atoms with van der Waals surface area (Å²) >= 11 is 1.05. The first-order valence-corrected chi connectivity index (χ1v) is 9.37. The molecular weight excluding hydrogens is 368 g/mol. The van der Waals surface area contributed by atoms with E-state index >= 15 is 0 Å². The highest BCUT2D eigenvalue weighted by Gasteiger charge is 2.19. The third-order valence-electron chi connectivity index (χ3n) is 3.57. The summed E-state index contributed by atoms with van der Waals surface area (Å²) in [6, 6.07) is 8.21. The lowest BCUT2D eigenvalue weighted by Gasteiger charge is -2.18. The zero-order valence-electron chi connectivity index (χ0n) is 15.2. The van der Waals surface area contributed by atoms with Crippen molar-refractivity contribution in [3.05, 3.63) is 51.8 Å². The molecule has 0 aliphatic heterocycles. The van der Waals surface area contributed by atoms with Gasteiger partial charge in [-0.05, 0) is 19.4 Å². The largest absolute Gasteiger partial charge is 0.466 e. The fourth-order valence-electron chi connectivity index (χ4n) is 2.33. The van der Waals surface area contributed by atoms with Crippen molar-refractivity contribution in [1.82, 2.24) is 15.3 Å². The Morgan fingerprint density at radius 1 is 1.33 bits per heavy atom. The molecule has 1 heterocycles. The topological polar surface area (TPSA) is 127 Å². The number of nitrogens with zero attached hydrogens (tertiary/aromatic N) is 1. The van der Waals surface area contributed by atoms with Gasteiger partial charge in [-0.15, -0.1) is 0 Å². The fraction of sp³-hybridized carbons (Fsp3) is 0.333. The van der Waals surface area contributed by atoms with Gasteiger partial charge in [-0.2, -0.15) is 0 Å². The number of aryl methyl sites for hydroxylation is 1. The lowest BCUT2D eigenvalue weighted by Crippen LogP contribution is -2.32. The molecule has 0 bridgehead atoms. The first kappa shape index (κ1) is 20.5. The number of nitrogens with two attached hydrogens (primary N) is 1. The van der Waals surface area contributed by atoms with E-state index in [1.807, 2.05) is 31.2 Å². The van der Waals surface area contributed by atoms with E-state index in [0.29, 0.717) is 0 Å². The van der Waals surface area contributed by atoms with Gasteiger partial charge in [0.05, 0.1) is 24.8 Å². The minimum atomic E-state index is -0.509. The maximum Gasteiger partial charge on any atom is 0.308 e. The van der Waals surface area contributed by atoms with Crippen molar-refractivity contribution in [3.63, 3.8) is 0 Å². The van der Waals surface area contributed by atoms with Gasteiger partial charge >= 0.3 is 5.97 Å². The minimum Gasteiger partial charge on any atom is -0.466 e. The van der Waals surface area contributed by atoms with E-state index in [2.05, 4.69) is 15.3 Å². The van der Waals surface area contributed by atoms with Crippen molar-refractivity contribution >= 4 is 29.5 Å². The number of nitrogens with one attached hydrogen (secondary N) is 2. The van der Waals surface area contributed by atoms with Crippen LogP contribution in [0.15, 0.2) is 40.3 Å². The number of aromatic amines is 1. The summed E-state index contributed by atoms with van der Waals surface area (Å²) in [7, 11) is 0. The Labute approximate surface area is 160 Å². The molecule has 27 heavy (non-hydrogen) atoms. The van der Waals surface area contributed by atoms with Gasteiger partial charge in [-0.3, -0.25) is 14.4 Å². The molecule has 9 heteroatoms. The summed E-state index contributed by atoms with van der Waals surface area (Å²) in [5, 5.41) is 3.09. The monoisotopic (exact) mass is 390 g/mol. The lowest BCUT2D eigenvalue weighted by atomic mass is 10.0. The van der Waals surface area contributed by atoms with Crippen LogP contribution in [0.2, 0.25) is 0 Å². The van der Waals surface area contributed by atoms with Crippen LogP contribution < -0.4 is 16.6 Å². The van der Waals surface area contributed by atoms with Crippen LogP contribution in [-0.4, -0.2) is 34.2 Å². The predicted molar refractivity (Wildman–Crippen MR) is 103 cm³/mol. The highest BCUT2D eigenvalue weighted by Crippen LogP contribution is 2.19. The maximum absolute atomic E-state index is 12.3. The van der Waals surface area contributed by atoms with Crippen LogP contribution in [0.4, 0.5) is 5.82 Å². The Morgan fingerprint density at radius 2 is 2.04 bits per heavy atom. The number of benzene rings is 1. The molecule has 0 radical (unpaired) electrons. The van der Waals surface area contributed by atoms with Gasteiger partial charge in [0.15, 0.2) is 5.16 Å². The number of anilines is 1. The molecule has 0 spiro atoms. The second-order valence-electron chi connectivity index (χ2n) is 5.80. The summed E-state index contributed by atoms with van der Waals surface area (Å²) in [6.45, 7) is 3.96. The second-order valence-corrected chi connectivity index (χ2v) is 6.77. The predicted octanol–water partition coefficient (Wildman–Crippen LogP) is 1.56. The summed E-state index contributed by atoms with van der Waals surface area (Å²) < 4.78 is 5.00. The van der Waals surface area contributed by atoms with Gasteiger partial charge in [0.2, 0.25) is 5.91 Å². The van der Waals surface area contributed by atoms with Gasteiger partial charge in [0, 0.05) is 6.07 Å². The van der Waals surface area contributed by atoms with Gasteiger partial charge < -0.3 is 20.8 Å². The summed E-state index contributed by atoms with van der Waals surface area (Å²) in [5.74, 6) is -0.600. The van der Waals surface area contributed by atoms with Crippen LogP contribution in [0.5, 0.6) is 0 Å². The number of nitrogen functional groups attached to an aromatic ring is 1. The number of ether oxygens (including phenoxy) is 1. The number of rotatable bonds is 8. The van der Waals surface area contributed by atoms with Crippen LogP contribution in [0.25, 0.3) is 0 Å². The van der Waals surface area contributed by atoms with Gasteiger partial charge in [-0.1, -0.05) is 41.6 Å². The second kappa shape index (κ2) is 9.77. The summed E-state index contributed by atoms with van der Waals surface area (Å²) in [4.78, 5) is 42.1. The molecule has 4 N–H and O–H groups in total. The average Bonchev–Trinajstić information content (AvgIpc) is 2.59. The first-order chi connectivity index (χ1) is 12.9. The Kier molecular flexibility index (Phi) is 7.42. The van der Waals surface area contributed by atoms with Crippen LogP contribution in [-0.2, 0) is 14.3 Å². The molecule has 1 atom stereocenters. The number of thioether (sulfide) groups is 1. The number of carbonyl (C=O) groups is 2. The molecule has 0 fully saturated rings. The van der Waals surface area contributed by atoms with Crippen molar-refractivity contribution in [3.8, 4) is 0 Å². The number of H-pyrrole nitrogens is 1. The highest BCUT2D eigenvalue weighted by atomic mass is 32.2. The van der Waals surface area contributed by atoms with Crippen molar-refractivity contribution in [2.24, 2.45) is 0 Å². The maximum atomic E-state index is 12.3. The molecule has 1 unspecified atom stereocenters. The Balaban J connectivity index is 2.04. The van der Waals surface area contributed by atoms with Crippen molar-refractivity contribution in [2.45, 2.75) is 31.5 Å². The Morgan fingerprint density at radius 3 is 2.67 bits per heavy atom. The number of hydrogen-bond donors (Lipinski definition) is 3. The molecule has 8 nitrogen and oxygen atoms in total. The molecule has 1 amide bonds. The van der Waals surface area contributed by atoms with E-state index in [1.165, 1.54) is 0 Å². The van der Waals surface area contributed by atoms with Crippen LogP contribution in [0, 0.1) is 6.92 Å². The van der Waals surface area contributed by atoms with Gasteiger partial charge in [0.1, 0.15) is 5.82 Å². The zero-order chi connectivity index (χ0) is 19.8.